The minimum atomic E-state index is -4.50. The Bertz CT molecular complexity index is 737. The molecule has 140 valence electrons. The number of aliphatic carboxylic acids is 1. The average molecular weight is 380 g/mol. The van der Waals surface area contributed by atoms with Gasteiger partial charge in [0.05, 0.1) is 11.5 Å². The summed E-state index contributed by atoms with van der Waals surface area (Å²) in [7, 11) is -2.69. The topological polar surface area (TPSA) is 77.9 Å². The third kappa shape index (κ3) is 4.71. The lowest BCUT2D eigenvalue weighted by atomic mass is 10.0. The highest BCUT2D eigenvalue weighted by Gasteiger charge is 2.35. The van der Waals surface area contributed by atoms with Crippen molar-refractivity contribution in [2.45, 2.75) is 25.6 Å². The van der Waals surface area contributed by atoms with Crippen molar-refractivity contribution in [1.29, 1.82) is 0 Å². The summed E-state index contributed by atoms with van der Waals surface area (Å²) in [5.41, 5.74) is -0.646. The lowest BCUT2D eigenvalue weighted by Crippen LogP contribution is -2.47. The maximum Gasteiger partial charge on any atom is 0.416 e. The SMILES string of the molecule is CN(Cc1cccc(C(F)(F)F)c1)S(=O)(=O)N1CCCC(C(=O)O)C1. The van der Waals surface area contributed by atoms with Crippen LogP contribution in [0.4, 0.5) is 13.2 Å². The van der Waals surface area contributed by atoms with Crippen LogP contribution in [-0.4, -0.2) is 48.2 Å². The van der Waals surface area contributed by atoms with Gasteiger partial charge in [-0.15, -0.1) is 0 Å². The molecule has 1 fully saturated rings. The fourth-order valence-corrected chi connectivity index (χ4v) is 4.17. The molecule has 1 heterocycles. The van der Waals surface area contributed by atoms with E-state index < -0.39 is 33.8 Å². The molecule has 0 aliphatic carbocycles. The molecule has 0 radical (unpaired) electrons. The van der Waals surface area contributed by atoms with Crippen LogP contribution < -0.4 is 0 Å². The molecule has 0 aromatic heterocycles. The predicted molar refractivity (Wildman–Crippen MR) is 83.8 cm³/mol. The first-order valence-electron chi connectivity index (χ1n) is 7.62. The number of alkyl halides is 3. The molecule has 6 nitrogen and oxygen atoms in total. The summed E-state index contributed by atoms with van der Waals surface area (Å²) in [6, 6.07) is 4.46. The van der Waals surface area contributed by atoms with Gasteiger partial charge < -0.3 is 5.11 Å². The van der Waals surface area contributed by atoms with Crippen LogP contribution in [-0.2, 0) is 27.7 Å². The zero-order valence-electron chi connectivity index (χ0n) is 13.5. The van der Waals surface area contributed by atoms with Crippen LogP contribution in [0, 0.1) is 5.92 Å². The molecule has 0 saturated carbocycles. The second kappa shape index (κ2) is 7.30. The Hall–Kier alpha value is -1.65. The number of carbonyl (C=O) groups is 1. The number of hydrogen-bond donors (Lipinski definition) is 1. The molecule has 1 aliphatic rings. The molecule has 1 unspecified atom stereocenters. The monoisotopic (exact) mass is 380 g/mol. The Kier molecular flexibility index (Phi) is 5.75. The number of carboxylic acids is 1. The van der Waals surface area contributed by atoms with Crippen LogP contribution in [0.3, 0.4) is 0 Å². The van der Waals surface area contributed by atoms with Crippen LogP contribution in [0.25, 0.3) is 0 Å². The second-order valence-electron chi connectivity index (χ2n) is 6.00. The van der Waals surface area contributed by atoms with E-state index in [1.807, 2.05) is 0 Å². The van der Waals surface area contributed by atoms with Crippen molar-refractivity contribution in [1.82, 2.24) is 8.61 Å². The zero-order valence-corrected chi connectivity index (χ0v) is 14.3. The first-order valence-corrected chi connectivity index (χ1v) is 9.02. The Labute approximate surface area is 144 Å². The summed E-state index contributed by atoms with van der Waals surface area (Å²) < 4.78 is 65.4. The van der Waals surface area contributed by atoms with Gasteiger partial charge in [0.15, 0.2) is 0 Å². The standard InChI is InChI=1S/C15H19F3N2O4S/c1-19(9-11-4-2-6-13(8-11)15(16,17)18)25(23,24)20-7-3-5-12(10-20)14(21)22/h2,4,6,8,12H,3,5,7,9-10H2,1H3,(H,21,22). The van der Waals surface area contributed by atoms with Crippen LogP contribution in [0.15, 0.2) is 24.3 Å². The Morgan fingerprint density at radius 3 is 2.68 bits per heavy atom. The van der Waals surface area contributed by atoms with Gasteiger partial charge in [-0.2, -0.15) is 30.2 Å². The molecule has 0 bridgehead atoms. The van der Waals surface area contributed by atoms with Crippen LogP contribution in [0.2, 0.25) is 0 Å². The highest BCUT2D eigenvalue weighted by atomic mass is 32.2. The number of nitrogens with zero attached hydrogens (tertiary/aromatic N) is 2. The molecular weight excluding hydrogens is 361 g/mol. The molecule has 1 aliphatic heterocycles. The van der Waals surface area contributed by atoms with E-state index in [-0.39, 0.29) is 25.2 Å². The summed E-state index contributed by atoms with van der Waals surface area (Å²) in [4.78, 5) is 11.1. The van der Waals surface area contributed by atoms with Gasteiger partial charge in [0.2, 0.25) is 0 Å². The quantitative estimate of drug-likeness (QED) is 0.849. The molecule has 1 aromatic rings. The highest BCUT2D eigenvalue weighted by Crippen LogP contribution is 2.30. The molecule has 1 aromatic carbocycles. The van der Waals surface area contributed by atoms with E-state index in [1.54, 1.807) is 0 Å². The van der Waals surface area contributed by atoms with E-state index in [0.29, 0.717) is 12.8 Å². The van der Waals surface area contributed by atoms with Crippen molar-refractivity contribution in [3.05, 3.63) is 35.4 Å². The number of carboxylic acid groups (broad SMARTS) is 1. The predicted octanol–water partition coefficient (Wildman–Crippen LogP) is 2.18. The lowest BCUT2D eigenvalue weighted by Gasteiger charge is -2.32. The maximum atomic E-state index is 12.8. The van der Waals surface area contributed by atoms with E-state index in [0.717, 1.165) is 20.7 Å². The van der Waals surface area contributed by atoms with Crippen molar-refractivity contribution < 1.29 is 31.5 Å². The van der Waals surface area contributed by atoms with Crippen LogP contribution >= 0.6 is 0 Å². The van der Waals surface area contributed by atoms with Crippen molar-refractivity contribution in [2.24, 2.45) is 5.92 Å². The third-order valence-corrected chi connectivity index (χ3v) is 6.01. The fraction of sp³-hybridized carbons (Fsp3) is 0.533. The number of piperidine rings is 1. The smallest absolute Gasteiger partial charge is 0.416 e. The third-order valence-electron chi connectivity index (χ3n) is 4.11. The molecule has 10 heteroatoms. The van der Waals surface area contributed by atoms with Crippen molar-refractivity contribution in [3.8, 4) is 0 Å². The number of halogens is 3. The van der Waals surface area contributed by atoms with Crippen molar-refractivity contribution in [2.75, 3.05) is 20.1 Å². The minimum absolute atomic E-state index is 0.134. The van der Waals surface area contributed by atoms with E-state index in [2.05, 4.69) is 0 Å². The van der Waals surface area contributed by atoms with Gasteiger partial charge in [-0.25, -0.2) is 0 Å². The molecule has 0 amide bonds. The normalized spacial score (nSPS) is 20.0. The molecule has 1 atom stereocenters. The Balaban J connectivity index is 2.14. The summed E-state index contributed by atoms with van der Waals surface area (Å²) in [5, 5.41) is 9.06. The molecule has 25 heavy (non-hydrogen) atoms. The summed E-state index contributed by atoms with van der Waals surface area (Å²) >= 11 is 0. The molecule has 1 saturated heterocycles. The summed E-state index contributed by atoms with van der Waals surface area (Å²) in [6.45, 7) is -0.176. The first kappa shape index (κ1) is 19.7. The average Bonchev–Trinajstić information content (AvgIpc) is 2.54. The van der Waals surface area contributed by atoms with Gasteiger partial charge in [0, 0.05) is 26.7 Å². The van der Waals surface area contributed by atoms with E-state index in [1.165, 1.54) is 19.2 Å². The summed E-state index contributed by atoms with van der Waals surface area (Å²) in [6.07, 6.45) is -3.68. The number of hydrogen-bond acceptors (Lipinski definition) is 3. The molecule has 1 N–H and O–H groups in total. The second-order valence-corrected chi connectivity index (χ2v) is 8.03. The van der Waals surface area contributed by atoms with Gasteiger partial charge in [-0.05, 0) is 24.5 Å². The lowest BCUT2D eigenvalue weighted by molar-refractivity contribution is -0.143. The summed E-state index contributed by atoms with van der Waals surface area (Å²) in [5.74, 6) is -1.83. The van der Waals surface area contributed by atoms with Crippen LogP contribution in [0.5, 0.6) is 0 Å². The maximum absolute atomic E-state index is 12.8. The van der Waals surface area contributed by atoms with Gasteiger partial charge in [0.1, 0.15) is 0 Å². The van der Waals surface area contributed by atoms with Gasteiger partial charge >= 0.3 is 12.1 Å². The van der Waals surface area contributed by atoms with E-state index in [4.69, 9.17) is 5.11 Å². The Morgan fingerprint density at radius 2 is 2.08 bits per heavy atom. The van der Waals surface area contributed by atoms with E-state index >= 15 is 0 Å². The Morgan fingerprint density at radius 1 is 1.40 bits per heavy atom. The van der Waals surface area contributed by atoms with Crippen molar-refractivity contribution >= 4 is 16.2 Å². The fourth-order valence-electron chi connectivity index (χ4n) is 2.74. The number of rotatable bonds is 5. The first-order chi connectivity index (χ1) is 11.5. The largest absolute Gasteiger partial charge is 0.481 e. The van der Waals surface area contributed by atoms with E-state index in [9.17, 15) is 26.4 Å². The molecule has 0 spiro atoms. The van der Waals surface area contributed by atoms with Gasteiger partial charge in [0.25, 0.3) is 10.2 Å². The number of benzene rings is 1. The zero-order chi connectivity index (χ0) is 18.8. The molecular formula is C15H19F3N2O4S. The molecule has 2 rings (SSSR count). The van der Waals surface area contributed by atoms with Crippen LogP contribution in [0.1, 0.15) is 24.0 Å². The minimum Gasteiger partial charge on any atom is -0.481 e. The van der Waals surface area contributed by atoms with Gasteiger partial charge in [-0.1, -0.05) is 18.2 Å². The van der Waals surface area contributed by atoms with Gasteiger partial charge in [-0.3, -0.25) is 4.79 Å². The highest BCUT2D eigenvalue weighted by molar-refractivity contribution is 7.86. The van der Waals surface area contributed by atoms with Crippen molar-refractivity contribution in [3.63, 3.8) is 0 Å².